The largest absolute Gasteiger partial charge is 0.467 e. The molecule has 7 heteroatoms. The third-order valence-corrected chi connectivity index (χ3v) is 1.90. The summed E-state index contributed by atoms with van der Waals surface area (Å²) < 4.78 is 10.2. The predicted octanol–water partition coefficient (Wildman–Crippen LogP) is 1.59. The fourth-order valence-electron chi connectivity index (χ4n) is 1.23. The zero-order chi connectivity index (χ0) is 13.8. The van der Waals surface area contributed by atoms with Crippen LogP contribution < -0.4 is 11.1 Å². The van der Waals surface area contributed by atoms with Crippen molar-refractivity contribution in [3.8, 4) is 0 Å². The monoisotopic (exact) mass is 255 g/mol. The number of nitrogens with zero attached hydrogens (tertiary/aromatic N) is 1. The molecule has 0 aromatic carbocycles. The molecule has 0 saturated carbocycles. The molecule has 0 fully saturated rings. The van der Waals surface area contributed by atoms with Crippen LogP contribution >= 0.6 is 0 Å². The van der Waals surface area contributed by atoms with Gasteiger partial charge in [0.2, 0.25) is 0 Å². The van der Waals surface area contributed by atoms with Gasteiger partial charge in [-0.1, -0.05) is 5.16 Å². The fourth-order valence-corrected chi connectivity index (χ4v) is 1.23. The molecule has 0 saturated heterocycles. The van der Waals surface area contributed by atoms with Crippen LogP contribution in [0.3, 0.4) is 0 Å². The van der Waals surface area contributed by atoms with E-state index in [2.05, 4.69) is 10.5 Å². The third kappa shape index (κ3) is 4.00. The van der Waals surface area contributed by atoms with Gasteiger partial charge in [-0.05, 0) is 32.9 Å². The van der Waals surface area contributed by atoms with Gasteiger partial charge in [-0.2, -0.15) is 0 Å². The Bertz CT molecular complexity index is 420. The topological polar surface area (TPSA) is 110 Å². The van der Waals surface area contributed by atoms with Gasteiger partial charge in [-0.15, -0.1) is 0 Å². The number of furan rings is 1. The second kappa shape index (κ2) is 5.44. The molecule has 7 nitrogen and oxygen atoms in total. The summed E-state index contributed by atoms with van der Waals surface area (Å²) in [5.74, 6) is 0.145. The van der Waals surface area contributed by atoms with E-state index in [0.717, 1.165) is 0 Å². The van der Waals surface area contributed by atoms with E-state index in [0.29, 0.717) is 5.76 Å². The number of ether oxygens (including phenoxy) is 1. The molecule has 0 bridgehead atoms. The lowest BCUT2D eigenvalue weighted by molar-refractivity contribution is 0.0512. The molecule has 1 heterocycles. The Morgan fingerprint density at radius 3 is 2.72 bits per heavy atom. The fraction of sp³-hybridized carbons (Fsp3) is 0.455. The molecule has 0 spiro atoms. The number of hydrogen-bond donors (Lipinski definition) is 3. The van der Waals surface area contributed by atoms with Crippen molar-refractivity contribution >= 4 is 11.9 Å². The number of carbonyl (C=O) groups excluding carboxylic acids is 1. The van der Waals surface area contributed by atoms with Crippen molar-refractivity contribution < 1.29 is 19.2 Å². The number of nitrogens with one attached hydrogen (secondary N) is 1. The molecule has 0 radical (unpaired) electrons. The maximum Gasteiger partial charge on any atom is 0.408 e. The van der Waals surface area contributed by atoms with Crippen molar-refractivity contribution in [1.82, 2.24) is 5.32 Å². The Morgan fingerprint density at radius 1 is 1.61 bits per heavy atom. The molecule has 0 aliphatic rings. The van der Waals surface area contributed by atoms with Gasteiger partial charge in [-0.25, -0.2) is 4.79 Å². The highest BCUT2D eigenvalue weighted by molar-refractivity contribution is 5.89. The minimum atomic E-state index is -0.875. The number of alkyl carbamates (subject to hydrolysis) is 1. The Labute approximate surface area is 105 Å². The van der Waals surface area contributed by atoms with Crippen LogP contribution in [0.4, 0.5) is 4.79 Å². The molecular weight excluding hydrogens is 238 g/mol. The summed E-state index contributed by atoms with van der Waals surface area (Å²) in [7, 11) is 0. The zero-order valence-corrected chi connectivity index (χ0v) is 10.5. The Hall–Kier alpha value is -2.18. The first-order valence-corrected chi connectivity index (χ1v) is 5.34. The van der Waals surface area contributed by atoms with Gasteiger partial charge in [0.15, 0.2) is 11.9 Å². The van der Waals surface area contributed by atoms with Crippen molar-refractivity contribution in [1.29, 1.82) is 0 Å². The van der Waals surface area contributed by atoms with Crippen LogP contribution in [-0.2, 0) is 4.74 Å². The molecule has 0 aliphatic carbocycles. The normalized spacial score (nSPS) is 14.1. The van der Waals surface area contributed by atoms with Crippen molar-refractivity contribution in [2.24, 2.45) is 10.9 Å². The zero-order valence-electron chi connectivity index (χ0n) is 10.5. The van der Waals surface area contributed by atoms with E-state index < -0.39 is 17.7 Å². The Balaban J connectivity index is 2.78. The number of hydrogen-bond acceptors (Lipinski definition) is 5. The van der Waals surface area contributed by atoms with E-state index in [4.69, 9.17) is 20.1 Å². The van der Waals surface area contributed by atoms with Gasteiger partial charge in [0.05, 0.1) is 6.26 Å². The quantitative estimate of drug-likeness (QED) is 0.329. The summed E-state index contributed by atoms with van der Waals surface area (Å²) in [6.45, 7) is 5.20. The molecule has 0 aliphatic heterocycles. The van der Waals surface area contributed by atoms with Crippen LogP contribution in [0, 0.1) is 0 Å². The van der Waals surface area contributed by atoms with E-state index in [1.54, 1.807) is 32.9 Å². The van der Waals surface area contributed by atoms with E-state index >= 15 is 0 Å². The van der Waals surface area contributed by atoms with E-state index in [1.165, 1.54) is 6.26 Å². The SMILES string of the molecule is CC(C)(C)OC(=O)N[C@H](C(N)=NO)c1ccco1. The molecule has 0 unspecified atom stereocenters. The molecule has 1 aromatic heterocycles. The maximum absolute atomic E-state index is 11.6. The van der Waals surface area contributed by atoms with Crippen LogP contribution in [-0.4, -0.2) is 22.7 Å². The summed E-state index contributed by atoms with van der Waals surface area (Å²) in [6, 6.07) is 2.35. The predicted molar refractivity (Wildman–Crippen MR) is 64.2 cm³/mol. The van der Waals surface area contributed by atoms with Crippen LogP contribution in [0.25, 0.3) is 0 Å². The lowest BCUT2D eigenvalue weighted by atomic mass is 10.2. The second-order valence-electron chi connectivity index (χ2n) is 4.62. The van der Waals surface area contributed by atoms with E-state index in [9.17, 15) is 4.79 Å². The van der Waals surface area contributed by atoms with Crippen molar-refractivity contribution in [2.45, 2.75) is 32.4 Å². The van der Waals surface area contributed by atoms with Gasteiger partial charge in [0, 0.05) is 0 Å². The molecule has 18 heavy (non-hydrogen) atoms. The summed E-state index contributed by atoms with van der Waals surface area (Å²) in [4.78, 5) is 11.6. The minimum Gasteiger partial charge on any atom is -0.467 e. The van der Waals surface area contributed by atoms with Crippen LogP contribution in [0.2, 0.25) is 0 Å². The van der Waals surface area contributed by atoms with Crippen molar-refractivity contribution in [3.05, 3.63) is 24.2 Å². The number of amides is 1. The average Bonchev–Trinajstić information content (AvgIpc) is 2.75. The number of amidine groups is 1. The number of oxime groups is 1. The summed E-state index contributed by atoms with van der Waals surface area (Å²) >= 11 is 0. The molecule has 1 rings (SSSR count). The lowest BCUT2D eigenvalue weighted by Gasteiger charge is -2.22. The summed E-state index contributed by atoms with van der Waals surface area (Å²) in [5.41, 5.74) is 4.85. The molecule has 1 amide bonds. The van der Waals surface area contributed by atoms with Crippen molar-refractivity contribution in [3.63, 3.8) is 0 Å². The maximum atomic E-state index is 11.6. The first kappa shape index (κ1) is 13.9. The summed E-state index contributed by atoms with van der Waals surface area (Å²) in [5, 5.41) is 14.0. The number of nitrogens with two attached hydrogens (primary N) is 1. The summed E-state index contributed by atoms with van der Waals surface area (Å²) in [6.07, 6.45) is 0.736. The average molecular weight is 255 g/mol. The van der Waals surface area contributed by atoms with E-state index in [1.807, 2.05) is 0 Å². The van der Waals surface area contributed by atoms with Gasteiger partial charge in [0.1, 0.15) is 11.4 Å². The van der Waals surface area contributed by atoms with Gasteiger partial charge >= 0.3 is 6.09 Å². The molecule has 1 aromatic rings. The van der Waals surface area contributed by atoms with Crippen LogP contribution in [0.15, 0.2) is 28.0 Å². The molecule has 1 atom stereocenters. The minimum absolute atomic E-state index is 0.198. The molecule has 100 valence electrons. The first-order valence-electron chi connectivity index (χ1n) is 5.34. The molecular formula is C11H17N3O4. The molecule has 4 N–H and O–H groups in total. The van der Waals surface area contributed by atoms with Crippen LogP contribution in [0.1, 0.15) is 32.6 Å². The highest BCUT2D eigenvalue weighted by Crippen LogP contribution is 2.15. The highest BCUT2D eigenvalue weighted by Gasteiger charge is 2.25. The smallest absolute Gasteiger partial charge is 0.408 e. The standard InChI is InChI=1S/C11H17N3O4/c1-11(2,3)18-10(15)13-8(9(12)14-16)7-5-4-6-17-7/h4-6,8,16H,1-3H3,(H2,12,14)(H,13,15)/t8-/m0/s1. The van der Waals surface area contributed by atoms with Crippen molar-refractivity contribution in [2.75, 3.05) is 0 Å². The van der Waals surface area contributed by atoms with Gasteiger partial charge < -0.3 is 25.4 Å². The second-order valence-corrected chi connectivity index (χ2v) is 4.62. The number of carbonyl (C=O) groups is 1. The Morgan fingerprint density at radius 2 is 2.28 bits per heavy atom. The highest BCUT2D eigenvalue weighted by atomic mass is 16.6. The number of rotatable bonds is 3. The van der Waals surface area contributed by atoms with Gasteiger partial charge in [-0.3, -0.25) is 0 Å². The first-order chi connectivity index (χ1) is 8.33. The van der Waals surface area contributed by atoms with E-state index in [-0.39, 0.29) is 5.84 Å². The Kier molecular flexibility index (Phi) is 4.19. The van der Waals surface area contributed by atoms with Crippen LogP contribution in [0.5, 0.6) is 0 Å². The third-order valence-electron chi connectivity index (χ3n) is 1.90. The van der Waals surface area contributed by atoms with Gasteiger partial charge in [0.25, 0.3) is 0 Å². The lowest BCUT2D eigenvalue weighted by Crippen LogP contribution is -2.40.